The monoisotopic (exact) mass is 401 g/mol. The van der Waals surface area contributed by atoms with Gasteiger partial charge in [-0.05, 0) is 0 Å². The van der Waals surface area contributed by atoms with E-state index in [1.807, 2.05) is 12.2 Å². The highest BCUT2D eigenvalue weighted by atomic mass is 31.1. The van der Waals surface area contributed by atoms with Crippen molar-refractivity contribution in [3.8, 4) is 0 Å². The van der Waals surface area contributed by atoms with Crippen LogP contribution in [0.15, 0.2) is 24.8 Å². The predicted molar refractivity (Wildman–Crippen MR) is 92.8 cm³/mol. The number of hydrogen-bond donors (Lipinski definition) is 4. The van der Waals surface area contributed by atoms with Gasteiger partial charge in [0.2, 0.25) is 0 Å². The number of anilines is 1. The van der Waals surface area contributed by atoms with Gasteiger partial charge in [-0.15, -0.1) is 0 Å². The Bertz CT molecular complexity index is 825. The van der Waals surface area contributed by atoms with Crippen LogP contribution in [0, 0.1) is 0 Å². The molecule has 4 rings (SSSR count). The van der Waals surface area contributed by atoms with Crippen LogP contribution in [0.3, 0.4) is 0 Å². The molecule has 2 aromatic heterocycles. The Morgan fingerprint density at radius 3 is 2.63 bits per heavy atom. The summed E-state index contributed by atoms with van der Waals surface area (Å²) < 4.78 is 26.9. The van der Waals surface area contributed by atoms with E-state index in [4.69, 9.17) is 20.1 Å². The van der Waals surface area contributed by atoms with E-state index in [0.29, 0.717) is 11.2 Å². The lowest BCUT2D eigenvalue weighted by atomic mass is 10.1. The summed E-state index contributed by atoms with van der Waals surface area (Å²) >= 11 is 0. The molecule has 0 saturated carbocycles. The number of aliphatic hydroxyl groups is 2. The predicted octanol–water partition coefficient (Wildman–Crippen LogP) is -1.00. The molecule has 5 N–H and O–H groups in total. The van der Waals surface area contributed by atoms with Gasteiger partial charge in [0.25, 0.3) is 0 Å². The Labute approximate surface area is 154 Å². The summed E-state index contributed by atoms with van der Waals surface area (Å²) in [7, 11) is -3.15. The van der Waals surface area contributed by atoms with Gasteiger partial charge in [0.1, 0.15) is 30.2 Å². The van der Waals surface area contributed by atoms with Crippen molar-refractivity contribution < 1.29 is 33.7 Å². The number of nitrogens with zero attached hydrogens (tertiary/aromatic N) is 4. The second-order valence-corrected chi connectivity index (χ2v) is 6.54. The third-order valence-corrected chi connectivity index (χ3v) is 4.38. The first-order chi connectivity index (χ1) is 13.0. The zero-order chi connectivity index (χ0) is 19.4. The van der Waals surface area contributed by atoms with Crippen LogP contribution in [-0.4, -0.2) is 72.8 Å². The lowest BCUT2D eigenvalue weighted by Gasteiger charge is -2.16. The van der Waals surface area contributed by atoms with Crippen molar-refractivity contribution in [1.82, 2.24) is 19.5 Å². The molecule has 2 aliphatic rings. The molecule has 2 aromatic rings. The fourth-order valence-corrected chi connectivity index (χ4v) is 2.95. The van der Waals surface area contributed by atoms with E-state index < -0.39 is 32.8 Å². The van der Waals surface area contributed by atoms with Crippen molar-refractivity contribution >= 4 is 25.2 Å². The first kappa shape index (κ1) is 19.8. The molecule has 0 radical (unpaired) electrons. The number of aromatic nitrogens is 4. The second-order valence-electron chi connectivity index (χ2n) is 5.72. The Balaban J connectivity index is 0.000000364. The van der Waals surface area contributed by atoms with Crippen LogP contribution in [0.25, 0.3) is 11.2 Å². The molecule has 0 spiro atoms. The first-order valence-electron chi connectivity index (χ1n) is 8.02. The topological polar surface area (TPSA) is 175 Å². The van der Waals surface area contributed by atoms with E-state index in [0.717, 1.165) is 13.2 Å². The summed E-state index contributed by atoms with van der Waals surface area (Å²) in [5, 5.41) is 20.1. The minimum atomic E-state index is -3.15. The van der Waals surface area contributed by atoms with Gasteiger partial charge in [0, 0.05) is 0 Å². The van der Waals surface area contributed by atoms with Gasteiger partial charge in [0.05, 0.1) is 26.1 Å². The molecule has 5 atom stereocenters. The molecule has 4 heterocycles. The number of fused-ring (bicyclic) bond motifs is 1. The number of nitrogen functional groups attached to an aromatic ring is 1. The molecule has 13 heteroatoms. The number of nitrogens with two attached hydrogens (primary N) is 1. The average molecular weight is 401 g/mol. The summed E-state index contributed by atoms with van der Waals surface area (Å²) in [6, 6.07) is 0. The lowest BCUT2D eigenvalue weighted by molar-refractivity contribution is -0.0476. The second kappa shape index (κ2) is 8.85. The Hall–Kier alpha value is -1.92. The lowest BCUT2D eigenvalue weighted by Crippen LogP contribution is -2.33. The molecule has 27 heavy (non-hydrogen) atoms. The van der Waals surface area contributed by atoms with Crippen LogP contribution in [-0.2, 0) is 18.6 Å². The van der Waals surface area contributed by atoms with E-state index in [-0.39, 0.29) is 12.4 Å². The van der Waals surface area contributed by atoms with Crippen LogP contribution < -0.4 is 5.73 Å². The first-order valence-corrected chi connectivity index (χ1v) is 9.28. The Kier molecular flexibility index (Phi) is 6.50. The van der Waals surface area contributed by atoms with E-state index in [1.165, 1.54) is 17.2 Å². The third-order valence-electron chi connectivity index (χ3n) is 3.96. The highest BCUT2D eigenvalue weighted by Crippen LogP contribution is 2.33. The van der Waals surface area contributed by atoms with E-state index in [2.05, 4.69) is 19.5 Å². The Morgan fingerprint density at radius 1 is 1.26 bits per heavy atom. The van der Waals surface area contributed by atoms with Crippen LogP contribution >= 0.6 is 8.25 Å². The molecular weight excluding hydrogens is 381 g/mol. The van der Waals surface area contributed by atoms with Crippen LogP contribution in [0.4, 0.5) is 5.82 Å². The summed E-state index contributed by atoms with van der Waals surface area (Å²) in [4.78, 5) is 20.5. The van der Waals surface area contributed by atoms with Crippen molar-refractivity contribution in [2.24, 2.45) is 0 Å². The van der Waals surface area contributed by atoms with Gasteiger partial charge in [-0.1, -0.05) is 12.2 Å². The highest BCUT2D eigenvalue weighted by molar-refractivity contribution is 7.32. The maximum Gasteiger partial charge on any atom is 0.316 e. The summed E-state index contributed by atoms with van der Waals surface area (Å²) in [6.45, 7) is 1.31. The number of aliphatic hydroxyl groups excluding tert-OH is 2. The molecule has 148 valence electrons. The highest BCUT2D eigenvalue weighted by Gasteiger charge is 2.44. The number of hydrogen-bond acceptors (Lipinski definition) is 10. The van der Waals surface area contributed by atoms with Crippen molar-refractivity contribution in [3.63, 3.8) is 0 Å². The van der Waals surface area contributed by atoms with Crippen LogP contribution in [0.1, 0.15) is 6.23 Å². The van der Waals surface area contributed by atoms with Crippen molar-refractivity contribution in [2.75, 3.05) is 25.6 Å². The summed E-state index contributed by atoms with van der Waals surface area (Å²) in [5.41, 5.74) is 6.35. The summed E-state index contributed by atoms with van der Waals surface area (Å²) in [5.74, 6) is 0.176. The van der Waals surface area contributed by atoms with Gasteiger partial charge < -0.3 is 34.8 Å². The maximum absolute atomic E-state index is 10.6. The fourth-order valence-electron chi connectivity index (χ4n) is 2.65. The number of rotatable bonds is 4. The maximum atomic E-state index is 10.6. The molecule has 1 saturated heterocycles. The number of ether oxygens (including phenoxy) is 2. The van der Waals surface area contributed by atoms with Gasteiger partial charge in [-0.25, -0.2) is 15.0 Å². The molecule has 0 bridgehead atoms. The number of imidazole rings is 1. The standard InChI is InChI=1S/C10H14N5O6P.C4H6O/c11-8-5-9(13-2-12-8)15(3-14-5)10-7(17)6(16)4(21-10)1-20-22(18)19;1-2-4-5-3-1/h2-4,6-7,10,16-17,22H,1H2,(H,18,19)(H2,11,12,13);1-2H,3-4H2/t4-,6-,7-,10-;/m1./s1. The Morgan fingerprint density at radius 2 is 2.00 bits per heavy atom. The normalized spacial score (nSPS) is 28.3. The average Bonchev–Trinajstić information content (AvgIpc) is 3.38. The van der Waals surface area contributed by atoms with Crippen molar-refractivity contribution in [2.45, 2.75) is 24.5 Å². The molecule has 0 aromatic carbocycles. The van der Waals surface area contributed by atoms with Crippen molar-refractivity contribution in [3.05, 3.63) is 24.8 Å². The SMILES string of the molecule is C1=CCOC1.Nc1ncnc2c1ncn2[C@@H]1O[C@H](CO[PH](=O)O)[C@@H](O)[C@H]1O. The molecule has 12 nitrogen and oxygen atoms in total. The smallest absolute Gasteiger partial charge is 0.316 e. The third kappa shape index (κ3) is 4.50. The van der Waals surface area contributed by atoms with E-state index in [9.17, 15) is 14.8 Å². The van der Waals surface area contributed by atoms with Gasteiger partial charge in [-0.2, -0.15) is 0 Å². The van der Waals surface area contributed by atoms with Gasteiger partial charge in [-0.3, -0.25) is 9.13 Å². The zero-order valence-corrected chi connectivity index (χ0v) is 15.1. The zero-order valence-electron chi connectivity index (χ0n) is 14.1. The van der Waals surface area contributed by atoms with Crippen LogP contribution in [0.5, 0.6) is 0 Å². The minimum Gasteiger partial charge on any atom is -0.387 e. The van der Waals surface area contributed by atoms with Gasteiger partial charge >= 0.3 is 8.25 Å². The van der Waals surface area contributed by atoms with Crippen molar-refractivity contribution in [1.29, 1.82) is 0 Å². The fraction of sp³-hybridized carbons (Fsp3) is 0.500. The molecule has 1 fully saturated rings. The molecular formula is C14H20N5O7P. The molecule has 0 amide bonds. The molecule has 0 aliphatic carbocycles. The minimum absolute atomic E-state index is 0.176. The van der Waals surface area contributed by atoms with E-state index >= 15 is 0 Å². The van der Waals surface area contributed by atoms with E-state index in [1.54, 1.807) is 0 Å². The van der Waals surface area contributed by atoms with Crippen LogP contribution in [0.2, 0.25) is 0 Å². The van der Waals surface area contributed by atoms with Gasteiger partial charge in [0.15, 0.2) is 17.7 Å². The largest absolute Gasteiger partial charge is 0.387 e. The molecule has 1 unspecified atom stereocenters. The quantitative estimate of drug-likeness (QED) is 0.365. The summed E-state index contributed by atoms with van der Waals surface area (Å²) in [6.07, 6.45) is 2.10. The molecule has 2 aliphatic heterocycles.